The molecule has 1 saturated carbocycles. The van der Waals surface area contributed by atoms with Crippen LogP contribution in [0.3, 0.4) is 0 Å². The first-order chi connectivity index (χ1) is 7.63. The number of nitriles is 1. The van der Waals surface area contributed by atoms with Crippen LogP contribution >= 0.6 is 0 Å². The Morgan fingerprint density at radius 3 is 2.56 bits per heavy atom. The Bertz CT molecular complexity index is 458. The molecule has 0 N–H and O–H groups in total. The van der Waals surface area contributed by atoms with Gasteiger partial charge in [-0.25, -0.2) is 4.39 Å². The molecule has 1 aromatic carbocycles. The van der Waals surface area contributed by atoms with Gasteiger partial charge in [-0.2, -0.15) is 5.26 Å². The van der Waals surface area contributed by atoms with Crippen LogP contribution in [0.25, 0.3) is 0 Å². The smallest absolute Gasteiger partial charge is 0.165 e. The maximum Gasteiger partial charge on any atom is 0.165 e. The zero-order valence-corrected chi connectivity index (χ0v) is 9.51. The van der Waals surface area contributed by atoms with Gasteiger partial charge >= 0.3 is 0 Å². The minimum Gasteiger partial charge on any atom is -0.494 e. The second-order valence-corrected chi connectivity index (χ2v) is 4.35. The predicted molar refractivity (Wildman–Crippen MR) is 58.8 cm³/mol. The van der Waals surface area contributed by atoms with Gasteiger partial charge < -0.3 is 4.74 Å². The number of rotatable bonds is 2. The normalized spacial score (nSPS) is 17.4. The molecule has 1 aliphatic carbocycles. The fraction of sp³-hybridized carbons (Fsp3) is 0.462. The molecule has 0 heterocycles. The summed E-state index contributed by atoms with van der Waals surface area (Å²) in [6.07, 6.45) is 2.70. The summed E-state index contributed by atoms with van der Waals surface area (Å²) in [5.74, 6) is -0.140. The van der Waals surface area contributed by atoms with Crippen LogP contribution in [0.15, 0.2) is 12.1 Å². The molecule has 1 aromatic rings. The van der Waals surface area contributed by atoms with Crippen LogP contribution in [0.2, 0.25) is 0 Å². The fourth-order valence-corrected chi connectivity index (χ4v) is 2.30. The first-order valence-electron chi connectivity index (χ1n) is 5.39. The van der Waals surface area contributed by atoms with Gasteiger partial charge in [0.1, 0.15) is 0 Å². The van der Waals surface area contributed by atoms with Crippen molar-refractivity contribution in [3.63, 3.8) is 0 Å². The molecular weight excluding hydrogens is 205 g/mol. The standard InChI is InChI=1S/C13H14FNO/c1-9-6-12(16-2)11(14)7-10(9)13(8-15)4-3-5-13/h6-7H,3-5H2,1-2H3. The number of hydrogen-bond acceptors (Lipinski definition) is 2. The van der Waals surface area contributed by atoms with Gasteiger partial charge in [-0.05, 0) is 49.4 Å². The molecule has 0 atom stereocenters. The molecule has 0 aromatic heterocycles. The van der Waals surface area contributed by atoms with Gasteiger partial charge in [-0.3, -0.25) is 0 Å². The van der Waals surface area contributed by atoms with E-state index in [4.69, 9.17) is 4.74 Å². The topological polar surface area (TPSA) is 33.0 Å². The zero-order valence-electron chi connectivity index (χ0n) is 9.51. The average molecular weight is 219 g/mol. The summed E-state index contributed by atoms with van der Waals surface area (Å²) < 4.78 is 18.5. The molecule has 16 heavy (non-hydrogen) atoms. The van der Waals surface area contributed by atoms with Crippen LogP contribution in [0.1, 0.15) is 30.4 Å². The largest absolute Gasteiger partial charge is 0.494 e. The highest BCUT2D eigenvalue weighted by Gasteiger charge is 2.40. The van der Waals surface area contributed by atoms with E-state index in [0.717, 1.165) is 30.4 Å². The van der Waals surface area contributed by atoms with Gasteiger partial charge in [-0.15, -0.1) is 0 Å². The van der Waals surface area contributed by atoms with E-state index in [2.05, 4.69) is 6.07 Å². The molecule has 0 amide bonds. The summed E-state index contributed by atoms with van der Waals surface area (Å²) in [5, 5.41) is 9.23. The van der Waals surface area contributed by atoms with E-state index in [-0.39, 0.29) is 11.6 Å². The molecule has 0 aliphatic heterocycles. The maximum atomic E-state index is 13.6. The highest BCUT2D eigenvalue weighted by molar-refractivity contribution is 5.45. The number of halogens is 1. The van der Waals surface area contributed by atoms with E-state index in [1.807, 2.05) is 6.92 Å². The molecule has 84 valence electrons. The number of ether oxygens (including phenoxy) is 1. The molecule has 2 nitrogen and oxygen atoms in total. The van der Waals surface area contributed by atoms with Gasteiger partial charge in [0, 0.05) is 0 Å². The zero-order chi connectivity index (χ0) is 11.8. The SMILES string of the molecule is COc1cc(C)c(C2(C#N)CCC2)cc1F. The molecule has 2 rings (SSSR count). The van der Waals surface area contributed by atoms with Crippen LogP contribution in [0, 0.1) is 24.1 Å². The Morgan fingerprint density at radius 2 is 2.12 bits per heavy atom. The number of aryl methyl sites for hydroxylation is 1. The molecule has 1 aliphatic rings. The molecule has 0 spiro atoms. The summed E-state index contributed by atoms with van der Waals surface area (Å²) >= 11 is 0. The van der Waals surface area contributed by atoms with Gasteiger partial charge in [-0.1, -0.05) is 0 Å². The first kappa shape index (κ1) is 10.9. The van der Waals surface area contributed by atoms with Crippen molar-refractivity contribution in [2.75, 3.05) is 7.11 Å². The number of benzene rings is 1. The molecule has 0 radical (unpaired) electrons. The van der Waals surface area contributed by atoms with E-state index < -0.39 is 5.41 Å². The average Bonchev–Trinajstić information content (AvgIpc) is 2.22. The van der Waals surface area contributed by atoms with Crippen molar-refractivity contribution in [1.82, 2.24) is 0 Å². The minimum absolute atomic E-state index is 0.244. The van der Waals surface area contributed by atoms with Crippen molar-refractivity contribution < 1.29 is 9.13 Å². The van der Waals surface area contributed by atoms with Crippen molar-refractivity contribution in [3.8, 4) is 11.8 Å². The van der Waals surface area contributed by atoms with E-state index >= 15 is 0 Å². The van der Waals surface area contributed by atoms with Crippen LogP contribution in [-0.4, -0.2) is 7.11 Å². The van der Waals surface area contributed by atoms with Crippen molar-refractivity contribution in [3.05, 3.63) is 29.1 Å². The van der Waals surface area contributed by atoms with Crippen LogP contribution in [0.5, 0.6) is 5.75 Å². The van der Waals surface area contributed by atoms with Crippen molar-refractivity contribution in [2.45, 2.75) is 31.6 Å². The lowest BCUT2D eigenvalue weighted by Crippen LogP contribution is -2.33. The van der Waals surface area contributed by atoms with Gasteiger partial charge in [0.2, 0.25) is 0 Å². The quantitative estimate of drug-likeness (QED) is 0.765. The lowest BCUT2D eigenvalue weighted by Gasteiger charge is -2.36. The Labute approximate surface area is 94.7 Å². The summed E-state index contributed by atoms with van der Waals surface area (Å²) in [6.45, 7) is 1.90. The van der Waals surface area contributed by atoms with Gasteiger partial charge in [0.25, 0.3) is 0 Å². The first-order valence-corrected chi connectivity index (χ1v) is 5.39. The van der Waals surface area contributed by atoms with Crippen LogP contribution < -0.4 is 4.74 Å². The Balaban J connectivity index is 2.50. The minimum atomic E-state index is -0.461. The predicted octanol–water partition coefficient (Wildman–Crippen LogP) is 3.09. The second kappa shape index (κ2) is 3.79. The van der Waals surface area contributed by atoms with Crippen molar-refractivity contribution in [2.24, 2.45) is 0 Å². The van der Waals surface area contributed by atoms with Crippen LogP contribution in [0.4, 0.5) is 4.39 Å². The fourth-order valence-electron chi connectivity index (χ4n) is 2.30. The Hall–Kier alpha value is -1.56. The molecule has 0 bridgehead atoms. The third-order valence-corrected chi connectivity index (χ3v) is 3.44. The highest BCUT2D eigenvalue weighted by Crippen LogP contribution is 2.45. The monoisotopic (exact) mass is 219 g/mol. The summed E-state index contributed by atoms with van der Waals surface area (Å²) in [6, 6.07) is 5.45. The van der Waals surface area contributed by atoms with E-state index in [1.54, 1.807) is 6.07 Å². The summed E-state index contributed by atoms with van der Waals surface area (Å²) in [7, 11) is 1.45. The highest BCUT2D eigenvalue weighted by atomic mass is 19.1. The Kier molecular flexibility index (Phi) is 2.59. The van der Waals surface area contributed by atoms with Crippen molar-refractivity contribution >= 4 is 0 Å². The number of nitrogens with zero attached hydrogens (tertiary/aromatic N) is 1. The third-order valence-electron chi connectivity index (χ3n) is 3.44. The molecule has 3 heteroatoms. The molecule has 0 saturated heterocycles. The van der Waals surface area contributed by atoms with E-state index in [1.165, 1.54) is 13.2 Å². The van der Waals surface area contributed by atoms with Crippen LogP contribution in [-0.2, 0) is 5.41 Å². The van der Waals surface area contributed by atoms with E-state index in [9.17, 15) is 9.65 Å². The number of methoxy groups -OCH3 is 1. The Morgan fingerprint density at radius 1 is 1.44 bits per heavy atom. The number of hydrogen-bond donors (Lipinski definition) is 0. The lowest BCUT2D eigenvalue weighted by atomic mass is 9.64. The second-order valence-electron chi connectivity index (χ2n) is 4.35. The maximum absolute atomic E-state index is 13.6. The van der Waals surface area contributed by atoms with Gasteiger partial charge in [0.15, 0.2) is 11.6 Å². The van der Waals surface area contributed by atoms with Gasteiger partial charge in [0.05, 0.1) is 18.6 Å². The third kappa shape index (κ3) is 1.46. The lowest BCUT2D eigenvalue weighted by molar-refractivity contribution is 0.319. The molecule has 1 fully saturated rings. The molecular formula is C13H14FNO. The molecule has 0 unspecified atom stereocenters. The van der Waals surface area contributed by atoms with Crippen molar-refractivity contribution in [1.29, 1.82) is 5.26 Å². The van der Waals surface area contributed by atoms with E-state index in [0.29, 0.717) is 0 Å². The summed E-state index contributed by atoms with van der Waals surface area (Å²) in [5.41, 5.74) is 1.29. The summed E-state index contributed by atoms with van der Waals surface area (Å²) in [4.78, 5) is 0.